The molecule has 3 N–H and O–H groups in total. The van der Waals surface area contributed by atoms with E-state index in [0.29, 0.717) is 48.3 Å². The van der Waals surface area contributed by atoms with E-state index in [0.717, 1.165) is 0 Å². The molecule has 8 heteroatoms. The first kappa shape index (κ1) is 19.4. The number of hydrogen-bond donors (Lipinski definition) is 3. The summed E-state index contributed by atoms with van der Waals surface area (Å²) in [5, 5.41) is 21.2. The van der Waals surface area contributed by atoms with Crippen molar-refractivity contribution >= 4 is 28.4 Å². The Morgan fingerprint density at radius 2 is 2.07 bits per heavy atom. The number of H-pyrrole nitrogens is 1. The van der Waals surface area contributed by atoms with Crippen LogP contribution >= 0.6 is 11.6 Å². The first-order chi connectivity index (χ1) is 13.2. The number of rotatable bonds is 1. The maximum absolute atomic E-state index is 12.9. The van der Waals surface area contributed by atoms with E-state index in [1.807, 2.05) is 0 Å². The van der Waals surface area contributed by atoms with Gasteiger partial charge in [0.15, 0.2) is 0 Å². The van der Waals surface area contributed by atoms with E-state index in [4.69, 9.17) is 16.3 Å². The minimum Gasteiger partial charge on any atom is -0.388 e. The van der Waals surface area contributed by atoms with Crippen molar-refractivity contribution in [3.05, 3.63) is 45.2 Å². The average molecular weight is 407 g/mol. The monoisotopic (exact) mass is 406 g/mol. The van der Waals surface area contributed by atoms with Crippen LogP contribution in [-0.2, 0) is 4.74 Å². The standard InChI is InChI=1S/C20H23ClN2O5/c1-19(27)11-20(28-10-16(19)24)4-6-23(7-5-20)18(26)14-9-22-15-8-12(21)2-3-13(15)17(14)25/h2-3,8-9,16,24,27H,4-7,10-11H2,1H3,(H,22,25)/t16-,19-/m0/s1. The number of aromatic nitrogens is 1. The lowest BCUT2D eigenvalue weighted by molar-refractivity contribution is -0.221. The molecule has 2 aliphatic heterocycles. The minimum absolute atomic E-state index is 0.0772. The highest BCUT2D eigenvalue weighted by Crippen LogP contribution is 2.39. The summed E-state index contributed by atoms with van der Waals surface area (Å²) in [5.74, 6) is -0.324. The van der Waals surface area contributed by atoms with E-state index in [1.54, 1.807) is 30.0 Å². The molecule has 2 aliphatic rings. The Bertz CT molecular complexity index is 978. The van der Waals surface area contributed by atoms with Crippen LogP contribution in [0.1, 0.15) is 36.5 Å². The van der Waals surface area contributed by atoms with E-state index in [2.05, 4.69) is 4.98 Å². The molecule has 0 radical (unpaired) electrons. The predicted octanol–water partition coefficient (Wildman–Crippen LogP) is 1.69. The highest BCUT2D eigenvalue weighted by Gasteiger charge is 2.49. The van der Waals surface area contributed by atoms with Gasteiger partial charge in [-0.05, 0) is 38.0 Å². The fourth-order valence-corrected chi connectivity index (χ4v) is 4.39. The molecule has 1 amide bonds. The van der Waals surface area contributed by atoms with Crippen LogP contribution in [0.5, 0.6) is 0 Å². The van der Waals surface area contributed by atoms with Gasteiger partial charge in [-0.3, -0.25) is 9.59 Å². The number of aliphatic hydroxyl groups is 2. The molecule has 4 rings (SSSR count). The van der Waals surface area contributed by atoms with Crippen LogP contribution < -0.4 is 5.43 Å². The van der Waals surface area contributed by atoms with Gasteiger partial charge in [-0.25, -0.2) is 0 Å². The van der Waals surface area contributed by atoms with E-state index >= 15 is 0 Å². The third-order valence-corrected chi connectivity index (χ3v) is 6.22. The molecule has 0 bridgehead atoms. The third kappa shape index (κ3) is 3.33. The topological polar surface area (TPSA) is 103 Å². The molecule has 2 atom stereocenters. The highest BCUT2D eigenvalue weighted by molar-refractivity contribution is 6.31. The fraction of sp³-hybridized carbons (Fsp3) is 0.500. The molecule has 7 nitrogen and oxygen atoms in total. The number of piperidine rings is 1. The van der Waals surface area contributed by atoms with Gasteiger partial charge in [0.2, 0.25) is 5.43 Å². The second kappa shape index (κ2) is 6.84. The summed E-state index contributed by atoms with van der Waals surface area (Å²) in [5.41, 5.74) is -1.40. The van der Waals surface area contributed by atoms with Gasteiger partial charge in [-0.15, -0.1) is 0 Å². The van der Waals surface area contributed by atoms with Gasteiger partial charge in [-0.1, -0.05) is 11.6 Å². The van der Waals surface area contributed by atoms with Gasteiger partial charge in [0.05, 0.1) is 23.3 Å². The number of benzene rings is 1. The quantitative estimate of drug-likeness (QED) is 0.668. The van der Waals surface area contributed by atoms with E-state index in [1.165, 1.54) is 6.20 Å². The molecule has 2 saturated heterocycles. The van der Waals surface area contributed by atoms with Gasteiger partial charge in [-0.2, -0.15) is 0 Å². The zero-order valence-corrected chi connectivity index (χ0v) is 16.3. The molecular formula is C20H23ClN2O5. The normalized spacial score (nSPS) is 27.3. The van der Waals surface area contributed by atoms with Crippen LogP contribution in [0.3, 0.4) is 0 Å². The summed E-state index contributed by atoms with van der Waals surface area (Å²) < 4.78 is 5.85. The lowest BCUT2D eigenvalue weighted by atomic mass is 9.76. The number of pyridine rings is 1. The Balaban J connectivity index is 1.52. The zero-order chi connectivity index (χ0) is 20.1. The number of carbonyl (C=O) groups excluding carboxylic acids is 1. The van der Waals surface area contributed by atoms with Crippen LogP contribution in [-0.4, -0.2) is 63.0 Å². The van der Waals surface area contributed by atoms with Gasteiger partial charge in [0, 0.05) is 36.1 Å². The summed E-state index contributed by atoms with van der Waals surface area (Å²) in [6.45, 7) is 2.53. The number of amides is 1. The maximum Gasteiger partial charge on any atom is 0.259 e. The summed E-state index contributed by atoms with van der Waals surface area (Å²) >= 11 is 5.95. The van der Waals surface area contributed by atoms with Crippen molar-refractivity contribution in [2.75, 3.05) is 19.7 Å². The molecule has 150 valence electrons. The molecule has 0 unspecified atom stereocenters. The summed E-state index contributed by atoms with van der Waals surface area (Å²) in [6.07, 6.45) is 1.93. The number of aliphatic hydroxyl groups excluding tert-OH is 1. The number of nitrogens with one attached hydrogen (secondary N) is 1. The number of likely N-dealkylation sites (tertiary alicyclic amines) is 1. The maximum atomic E-state index is 12.9. The smallest absolute Gasteiger partial charge is 0.259 e. The van der Waals surface area contributed by atoms with Crippen molar-refractivity contribution in [1.82, 2.24) is 9.88 Å². The number of aromatic amines is 1. The average Bonchev–Trinajstić information content (AvgIpc) is 2.65. The molecule has 1 aromatic carbocycles. The molecule has 1 spiro atoms. The zero-order valence-electron chi connectivity index (χ0n) is 15.6. The van der Waals surface area contributed by atoms with Crippen LogP contribution in [0.25, 0.3) is 10.9 Å². The van der Waals surface area contributed by atoms with Crippen molar-refractivity contribution in [2.24, 2.45) is 0 Å². The number of ether oxygens (including phenoxy) is 1. The number of nitrogens with zero attached hydrogens (tertiary/aromatic N) is 1. The SMILES string of the molecule is C[C@]1(O)CC2(CCN(C(=O)c3c[nH]c4cc(Cl)ccc4c3=O)CC2)OC[C@@H]1O. The lowest BCUT2D eigenvalue weighted by Gasteiger charge is -2.49. The van der Waals surface area contributed by atoms with Crippen LogP contribution in [0.15, 0.2) is 29.2 Å². The number of fused-ring (bicyclic) bond motifs is 1. The van der Waals surface area contributed by atoms with Crippen molar-refractivity contribution < 1.29 is 19.7 Å². The lowest BCUT2D eigenvalue weighted by Crippen LogP contribution is -2.59. The Morgan fingerprint density at radius 3 is 2.75 bits per heavy atom. The van der Waals surface area contributed by atoms with Crippen molar-refractivity contribution in [1.29, 1.82) is 0 Å². The first-order valence-electron chi connectivity index (χ1n) is 9.35. The predicted molar refractivity (Wildman–Crippen MR) is 105 cm³/mol. The van der Waals surface area contributed by atoms with Gasteiger partial charge in [0.1, 0.15) is 11.7 Å². The highest BCUT2D eigenvalue weighted by atomic mass is 35.5. The Morgan fingerprint density at radius 1 is 1.36 bits per heavy atom. The molecule has 2 fully saturated rings. The second-order valence-corrected chi connectivity index (χ2v) is 8.49. The van der Waals surface area contributed by atoms with Crippen LogP contribution in [0, 0.1) is 0 Å². The molecule has 2 aromatic rings. The van der Waals surface area contributed by atoms with E-state index in [9.17, 15) is 19.8 Å². The number of carbonyl (C=O) groups is 1. The Hall–Kier alpha value is -1.93. The fourth-order valence-electron chi connectivity index (χ4n) is 4.22. The number of hydrogen-bond acceptors (Lipinski definition) is 5. The molecule has 28 heavy (non-hydrogen) atoms. The summed E-state index contributed by atoms with van der Waals surface area (Å²) in [7, 11) is 0. The van der Waals surface area contributed by atoms with E-state index in [-0.39, 0.29) is 23.5 Å². The third-order valence-electron chi connectivity index (χ3n) is 5.98. The van der Waals surface area contributed by atoms with Crippen molar-refractivity contribution in [3.63, 3.8) is 0 Å². The van der Waals surface area contributed by atoms with Crippen LogP contribution in [0.2, 0.25) is 5.02 Å². The van der Waals surface area contributed by atoms with E-state index < -0.39 is 17.3 Å². The Kier molecular flexibility index (Phi) is 4.74. The largest absolute Gasteiger partial charge is 0.388 e. The molecule has 0 aliphatic carbocycles. The second-order valence-electron chi connectivity index (χ2n) is 8.06. The molecule has 3 heterocycles. The van der Waals surface area contributed by atoms with Crippen molar-refractivity contribution in [3.8, 4) is 0 Å². The van der Waals surface area contributed by atoms with Gasteiger partial charge in [0.25, 0.3) is 5.91 Å². The Labute approximate surface area is 166 Å². The molecule has 0 saturated carbocycles. The van der Waals surface area contributed by atoms with Crippen molar-refractivity contribution in [2.45, 2.75) is 43.5 Å². The summed E-state index contributed by atoms with van der Waals surface area (Å²) in [4.78, 5) is 30.3. The van der Waals surface area contributed by atoms with Gasteiger partial charge >= 0.3 is 0 Å². The molecular weight excluding hydrogens is 384 g/mol. The summed E-state index contributed by atoms with van der Waals surface area (Å²) in [6, 6.07) is 4.89. The number of halogens is 1. The first-order valence-corrected chi connectivity index (χ1v) is 9.73. The molecule has 1 aromatic heterocycles. The van der Waals surface area contributed by atoms with Crippen LogP contribution in [0.4, 0.5) is 0 Å². The minimum atomic E-state index is -1.21. The van der Waals surface area contributed by atoms with Gasteiger partial charge < -0.3 is 24.8 Å².